The zero-order chi connectivity index (χ0) is 24.8. The highest BCUT2D eigenvalue weighted by Crippen LogP contribution is 2.23. The first-order valence-electron chi connectivity index (χ1n) is 10.7. The topological polar surface area (TPSA) is 96.0 Å². The molecule has 0 aromatic heterocycles. The molecule has 2 rings (SSSR count). The molecule has 0 fully saturated rings. The Hall–Kier alpha value is -3.07. The third kappa shape index (κ3) is 6.71. The second-order valence-electron chi connectivity index (χ2n) is 7.95. The second-order valence-corrected chi connectivity index (χ2v) is 9.86. The van der Waals surface area contributed by atoms with Gasteiger partial charge in [-0.1, -0.05) is 25.1 Å². The first-order chi connectivity index (χ1) is 15.5. The summed E-state index contributed by atoms with van der Waals surface area (Å²) in [5.74, 6) is -0.163. The zero-order valence-electron chi connectivity index (χ0n) is 20.1. The summed E-state index contributed by atoms with van der Waals surface area (Å²) >= 11 is 0. The Labute approximate surface area is 196 Å². The normalized spacial score (nSPS) is 12.1. The predicted molar refractivity (Wildman–Crippen MR) is 130 cm³/mol. The van der Waals surface area contributed by atoms with Crippen molar-refractivity contribution in [1.82, 2.24) is 10.2 Å². The molecule has 0 radical (unpaired) electrons. The maximum atomic E-state index is 13.5. The summed E-state index contributed by atoms with van der Waals surface area (Å²) < 4.78 is 31.6. The lowest BCUT2D eigenvalue weighted by atomic mass is 10.1. The van der Waals surface area contributed by atoms with E-state index in [1.807, 2.05) is 32.9 Å². The van der Waals surface area contributed by atoms with Crippen LogP contribution in [0.15, 0.2) is 42.5 Å². The molecule has 0 aliphatic rings. The van der Waals surface area contributed by atoms with E-state index in [9.17, 15) is 18.0 Å². The van der Waals surface area contributed by atoms with Gasteiger partial charge in [-0.25, -0.2) is 8.42 Å². The number of nitrogens with zero attached hydrogens (tertiary/aromatic N) is 2. The van der Waals surface area contributed by atoms with Gasteiger partial charge in [0.25, 0.3) is 0 Å². The number of carbonyl (C=O) groups excluding carboxylic acids is 2. The molecule has 180 valence electrons. The molecule has 8 nitrogen and oxygen atoms in total. The molecule has 0 saturated carbocycles. The minimum atomic E-state index is -3.75. The summed E-state index contributed by atoms with van der Waals surface area (Å²) in [5.41, 5.74) is 3.10. The lowest BCUT2D eigenvalue weighted by Gasteiger charge is -2.32. The van der Waals surface area contributed by atoms with Crippen LogP contribution >= 0.6 is 0 Å². The van der Waals surface area contributed by atoms with Crippen LogP contribution in [0.25, 0.3) is 0 Å². The Kier molecular flexibility index (Phi) is 8.87. The van der Waals surface area contributed by atoms with Gasteiger partial charge < -0.3 is 15.0 Å². The fraction of sp³-hybridized carbons (Fsp3) is 0.417. The average molecular weight is 476 g/mol. The van der Waals surface area contributed by atoms with Crippen molar-refractivity contribution >= 4 is 27.5 Å². The molecule has 1 N–H and O–H groups in total. The number of rotatable bonds is 10. The standard InChI is InChI=1S/C24H33N3O5S/c1-7-22(24(29)25-4)26(15-19-9-8-10-21(14-19)32-5)23(28)16-27(33(6,30)31)20-12-11-17(2)18(3)13-20/h8-14,22H,7,15-16H2,1-6H3,(H,25,29). The molecule has 0 aliphatic heterocycles. The number of hydrogen-bond acceptors (Lipinski definition) is 5. The number of ether oxygens (including phenoxy) is 1. The van der Waals surface area contributed by atoms with Crippen molar-refractivity contribution in [2.24, 2.45) is 0 Å². The number of aryl methyl sites for hydroxylation is 2. The molecule has 1 atom stereocenters. The number of methoxy groups -OCH3 is 1. The van der Waals surface area contributed by atoms with Crippen molar-refractivity contribution in [3.8, 4) is 5.75 Å². The lowest BCUT2D eigenvalue weighted by Crippen LogP contribution is -2.51. The molecule has 0 spiro atoms. The molecule has 0 aliphatic carbocycles. The van der Waals surface area contributed by atoms with Gasteiger partial charge in [-0.2, -0.15) is 0 Å². The van der Waals surface area contributed by atoms with E-state index < -0.39 is 28.5 Å². The summed E-state index contributed by atoms with van der Waals surface area (Å²) in [6.07, 6.45) is 1.44. The van der Waals surface area contributed by atoms with E-state index >= 15 is 0 Å². The third-order valence-corrected chi connectivity index (χ3v) is 6.72. The Morgan fingerprint density at radius 2 is 1.79 bits per heavy atom. The molecular formula is C24H33N3O5S. The minimum absolute atomic E-state index is 0.131. The van der Waals surface area contributed by atoms with Gasteiger partial charge in [0.2, 0.25) is 21.8 Å². The molecule has 2 aromatic carbocycles. The molecule has 2 amide bonds. The molecule has 33 heavy (non-hydrogen) atoms. The highest BCUT2D eigenvalue weighted by atomic mass is 32.2. The number of nitrogens with one attached hydrogen (secondary N) is 1. The van der Waals surface area contributed by atoms with Crippen molar-refractivity contribution in [1.29, 1.82) is 0 Å². The Morgan fingerprint density at radius 3 is 2.33 bits per heavy atom. The average Bonchev–Trinajstić information content (AvgIpc) is 2.78. The minimum Gasteiger partial charge on any atom is -0.497 e. The van der Waals surface area contributed by atoms with E-state index in [1.54, 1.807) is 37.4 Å². The highest BCUT2D eigenvalue weighted by molar-refractivity contribution is 7.92. The lowest BCUT2D eigenvalue weighted by molar-refractivity contribution is -0.140. The summed E-state index contributed by atoms with van der Waals surface area (Å²) in [6, 6.07) is 11.7. The van der Waals surface area contributed by atoms with E-state index in [1.165, 1.54) is 11.9 Å². The Bertz CT molecular complexity index is 1100. The SMILES string of the molecule is CCC(C(=O)NC)N(Cc1cccc(OC)c1)C(=O)CN(c1ccc(C)c(C)c1)S(C)(=O)=O. The van der Waals surface area contributed by atoms with Gasteiger partial charge in [0, 0.05) is 13.6 Å². The van der Waals surface area contributed by atoms with Gasteiger partial charge >= 0.3 is 0 Å². The summed E-state index contributed by atoms with van der Waals surface area (Å²) in [6.45, 7) is 5.34. The second kappa shape index (κ2) is 11.2. The Morgan fingerprint density at radius 1 is 1.09 bits per heavy atom. The van der Waals surface area contributed by atoms with Gasteiger partial charge in [-0.05, 0) is 61.2 Å². The van der Waals surface area contributed by atoms with Crippen molar-refractivity contribution in [3.63, 3.8) is 0 Å². The van der Waals surface area contributed by atoms with Crippen molar-refractivity contribution in [3.05, 3.63) is 59.2 Å². The molecule has 1 unspecified atom stereocenters. The monoisotopic (exact) mass is 475 g/mol. The molecular weight excluding hydrogens is 442 g/mol. The summed E-state index contributed by atoms with van der Waals surface area (Å²) in [7, 11) is -0.691. The largest absolute Gasteiger partial charge is 0.497 e. The van der Waals surface area contributed by atoms with Crippen LogP contribution in [0, 0.1) is 13.8 Å². The van der Waals surface area contributed by atoms with Crippen LogP contribution in [0.5, 0.6) is 5.75 Å². The van der Waals surface area contributed by atoms with E-state index in [4.69, 9.17) is 4.74 Å². The van der Waals surface area contributed by atoms with Crippen LogP contribution in [0.2, 0.25) is 0 Å². The van der Waals surface area contributed by atoms with Gasteiger partial charge in [0.15, 0.2) is 0 Å². The van der Waals surface area contributed by atoms with Crippen molar-refractivity contribution in [2.45, 2.75) is 39.8 Å². The maximum Gasteiger partial charge on any atom is 0.244 e. The van der Waals surface area contributed by atoms with E-state index in [-0.39, 0.29) is 12.5 Å². The number of benzene rings is 2. The van der Waals surface area contributed by atoms with E-state index in [0.717, 1.165) is 27.3 Å². The summed E-state index contributed by atoms with van der Waals surface area (Å²) in [5, 5.41) is 2.60. The van der Waals surface area contributed by atoms with Crippen molar-refractivity contribution in [2.75, 3.05) is 31.3 Å². The number of carbonyl (C=O) groups is 2. The van der Waals surface area contributed by atoms with Crippen LogP contribution in [0.4, 0.5) is 5.69 Å². The molecule has 9 heteroatoms. The fourth-order valence-corrected chi connectivity index (χ4v) is 4.39. The first-order valence-corrected chi connectivity index (χ1v) is 12.6. The van der Waals surface area contributed by atoms with Crippen LogP contribution in [-0.4, -0.2) is 58.1 Å². The highest BCUT2D eigenvalue weighted by Gasteiger charge is 2.31. The Balaban J connectivity index is 2.45. The van der Waals surface area contributed by atoms with E-state index in [0.29, 0.717) is 17.9 Å². The maximum absolute atomic E-state index is 13.5. The zero-order valence-corrected chi connectivity index (χ0v) is 20.9. The van der Waals surface area contributed by atoms with Crippen molar-refractivity contribution < 1.29 is 22.7 Å². The fourth-order valence-electron chi connectivity index (χ4n) is 3.55. The van der Waals surface area contributed by atoms with Crippen LogP contribution in [0.1, 0.15) is 30.0 Å². The number of sulfonamides is 1. The number of amides is 2. The van der Waals surface area contributed by atoms with E-state index in [2.05, 4.69) is 5.32 Å². The quantitative estimate of drug-likeness (QED) is 0.570. The number of hydrogen-bond donors (Lipinski definition) is 1. The first kappa shape index (κ1) is 26.2. The van der Waals surface area contributed by atoms with Crippen LogP contribution < -0.4 is 14.4 Å². The van der Waals surface area contributed by atoms with Gasteiger partial charge in [0.1, 0.15) is 18.3 Å². The molecule has 0 heterocycles. The molecule has 0 bridgehead atoms. The van der Waals surface area contributed by atoms with Gasteiger partial charge in [0.05, 0.1) is 19.1 Å². The van der Waals surface area contributed by atoms with Crippen LogP contribution in [-0.2, 0) is 26.2 Å². The van der Waals surface area contributed by atoms with Gasteiger partial charge in [-0.3, -0.25) is 13.9 Å². The molecule has 2 aromatic rings. The van der Waals surface area contributed by atoms with Gasteiger partial charge in [-0.15, -0.1) is 0 Å². The number of anilines is 1. The van der Waals surface area contributed by atoms with Crippen LogP contribution in [0.3, 0.4) is 0 Å². The summed E-state index contributed by atoms with van der Waals surface area (Å²) in [4.78, 5) is 27.5. The predicted octanol–water partition coefficient (Wildman–Crippen LogP) is 2.63. The molecule has 0 saturated heterocycles. The third-order valence-electron chi connectivity index (χ3n) is 5.58. The smallest absolute Gasteiger partial charge is 0.244 e. The number of likely N-dealkylation sites (N-methyl/N-ethyl adjacent to an activating group) is 1.